The molecule has 0 radical (unpaired) electrons. The molecule has 5 nitrogen and oxygen atoms in total. The standard InChI is InChI=1S/C28H29NO4/c1-31-28(30)27(18-23-14-8-12-21-10-4-6-16-26(21)23)29-24(19-33-32-2)17-22-13-7-11-20-9-3-5-15-25(20)22/h3-16,24,27,29H,17-19H2,1-2H3. The Morgan fingerprint density at radius 3 is 1.88 bits per heavy atom. The van der Waals surface area contributed by atoms with Crippen molar-refractivity contribution in [3.8, 4) is 0 Å². The predicted octanol–water partition coefficient (Wildman–Crippen LogP) is 4.86. The van der Waals surface area contributed by atoms with Gasteiger partial charge in [-0.15, -0.1) is 0 Å². The number of hydrogen-bond acceptors (Lipinski definition) is 5. The fourth-order valence-corrected chi connectivity index (χ4v) is 4.38. The number of benzene rings is 4. The van der Waals surface area contributed by atoms with Gasteiger partial charge in [-0.05, 0) is 45.5 Å². The third kappa shape index (κ3) is 5.57. The average molecular weight is 444 g/mol. The Hall–Kier alpha value is -3.25. The van der Waals surface area contributed by atoms with Crippen molar-refractivity contribution in [3.63, 3.8) is 0 Å². The van der Waals surface area contributed by atoms with Crippen LogP contribution in [-0.2, 0) is 32.1 Å². The maximum atomic E-state index is 12.8. The number of nitrogens with one attached hydrogen (secondary N) is 1. The zero-order valence-electron chi connectivity index (χ0n) is 19.0. The molecule has 0 spiro atoms. The molecule has 0 fully saturated rings. The Morgan fingerprint density at radius 1 is 0.758 bits per heavy atom. The molecule has 4 aromatic rings. The minimum Gasteiger partial charge on any atom is -0.468 e. The van der Waals surface area contributed by atoms with E-state index in [0.29, 0.717) is 19.4 Å². The molecule has 4 rings (SSSR count). The third-order valence-corrected chi connectivity index (χ3v) is 5.96. The molecule has 0 aliphatic heterocycles. The van der Waals surface area contributed by atoms with Gasteiger partial charge in [0.25, 0.3) is 0 Å². The van der Waals surface area contributed by atoms with E-state index < -0.39 is 6.04 Å². The zero-order valence-corrected chi connectivity index (χ0v) is 19.0. The number of hydrogen-bond donors (Lipinski definition) is 1. The van der Waals surface area contributed by atoms with Crippen LogP contribution in [0.3, 0.4) is 0 Å². The maximum absolute atomic E-state index is 12.8. The van der Waals surface area contributed by atoms with Crippen LogP contribution in [0.4, 0.5) is 0 Å². The molecule has 170 valence electrons. The molecule has 2 unspecified atom stereocenters. The van der Waals surface area contributed by atoms with Gasteiger partial charge in [0, 0.05) is 6.04 Å². The van der Waals surface area contributed by atoms with Gasteiger partial charge >= 0.3 is 5.97 Å². The van der Waals surface area contributed by atoms with Crippen LogP contribution in [0.2, 0.25) is 0 Å². The molecule has 0 aromatic heterocycles. The topological polar surface area (TPSA) is 56.8 Å². The van der Waals surface area contributed by atoms with Gasteiger partial charge < -0.3 is 4.74 Å². The lowest BCUT2D eigenvalue weighted by atomic mass is 9.96. The molecule has 1 N–H and O–H groups in total. The summed E-state index contributed by atoms with van der Waals surface area (Å²) in [5, 5.41) is 8.14. The largest absolute Gasteiger partial charge is 0.468 e. The van der Waals surface area contributed by atoms with Crippen LogP contribution in [0, 0.1) is 0 Å². The second-order valence-electron chi connectivity index (χ2n) is 8.08. The first-order valence-corrected chi connectivity index (χ1v) is 11.1. The van der Waals surface area contributed by atoms with Gasteiger partial charge in [-0.2, -0.15) is 0 Å². The van der Waals surface area contributed by atoms with E-state index in [1.54, 1.807) is 0 Å². The minimum atomic E-state index is -0.527. The number of ether oxygens (including phenoxy) is 1. The molecular formula is C28H29NO4. The minimum absolute atomic E-state index is 0.158. The van der Waals surface area contributed by atoms with Gasteiger partial charge in [0.05, 0.1) is 20.8 Å². The highest BCUT2D eigenvalue weighted by Gasteiger charge is 2.25. The van der Waals surface area contributed by atoms with Crippen LogP contribution in [0.25, 0.3) is 21.5 Å². The van der Waals surface area contributed by atoms with Gasteiger partial charge in [-0.3, -0.25) is 10.1 Å². The van der Waals surface area contributed by atoms with Crippen LogP contribution in [-0.4, -0.2) is 38.9 Å². The summed E-state index contributed by atoms with van der Waals surface area (Å²) < 4.78 is 5.15. The van der Waals surface area contributed by atoms with Crippen LogP contribution >= 0.6 is 0 Å². The Balaban J connectivity index is 1.60. The van der Waals surface area contributed by atoms with E-state index in [1.807, 2.05) is 30.3 Å². The Bertz CT molecular complexity index is 1210. The Kier molecular flexibility index (Phi) is 7.68. The van der Waals surface area contributed by atoms with Crippen LogP contribution in [0.5, 0.6) is 0 Å². The molecule has 4 aromatic carbocycles. The van der Waals surface area contributed by atoms with E-state index in [9.17, 15) is 4.79 Å². The normalized spacial score (nSPS) is 13.2. The number of carbonyl (C=O) groups excluding carboxylic acids is 1. The van der Waals surface area contributed by atoms with E-state index >= 15 is 0 Å². The van der Waals surface area contributed by atoms with E-state index in [-0.39, 0.29) is 12.0 Å². The molecule has 0 aliphatic carbocycles. The van der Waals surface area contributed by atoms with E-state index in [0.717, 1.165) is 16.3 Å². The smallest absolute Gasteiger partial charge is 0.323 e. The van der Waals surface area contributed by atoms with Crippen molar-refractivity contribution >= 4 is 27.5 Å². The molecule has 0 bridgehead atoms. The fourth-order valence-electron chi connectivity index (χ4n) is 4.38. The molecule has 0 saturated heterocycles. The summed E-state index contributed by atoms with van der Waals surface area (Å²) in [5.41, 5.74) is 2.27. The van der Waals surface area contributed by atoms with Crippen molar-refractivity contribution < 1.29 is 19.3 Å². The second-order valence-corrected chi connectivity index (χ2v) is 8.08. The summed E-state index contributed by atoms with van der Waals surface area (Å²) in [4.78, 5) is 23.0. The van der Waals surface area contributed by atoms with Gasteiger partial charge in [0.15, 0.2) is 0 Å². The third-order valence-electron chi connectivity index (χ3n) is 5.96. The average Bonchev–Trinajstić information content (AvgIpc) is 2.86. The van der Waals surface area contributed by atoms with Crippen LogP contribution < -0.4 is 5.32 Å². The van der Waals surface area contributed by atoms with Crippen molar-refractivity contribution in [2.24, 2.45) is 0 Å². The Morgan fingerprint density at radius 2 is 1.30 bits per heavy atom. The number of rotatable bonds is 10. The van der Waals surface area contributed by atoms with Gasteiger partial charge in [0.1, 0.15) is 6.04 Å². The summed E-state index contributed by atoms with van der Waals surface area (Å²) in [6, 6.07) is 28.2. The SMILES string of the molecule is COOCC(Cc1cccc2ccccc12)NC(Cc1cccc2ccccc12)C(=O)OC. The van der Waals surface area contributed by atoms with Crippen molar-refractivity contribution in [1.29, 1.82) is 0 Å². The molecule has 0 heterocycles. The number of carbonyl (C=O) groups is 1. The zero-order chi connectivity index (χ0) is 23.0. The lowest BCUT2D eigenvalue weighted by molar-refractivity contribution is -0.276. The van der Waals surface area contributed by atoms with Crippen molar-refractivity contribution in [3.05, 3.63) is 96.1 Å². The van der Waals surface area contributed by atoms with E-state index in [1.165, 1.54) is 30.6 Å². The lowest BCUT2D eigenvalue weighted by Crippen LogP contribution is -2.48. The molecule has 0 saturated carbocycles. The molecule has 2 atom stereocenters. The van der Waals surface area contributed by atoms with Gasteiger partial charge in [0.2, 0.25) is 0 Å². The van der Waals surface area contributed by atoms with Gasteiger partial charge in [-0.1, -0.05) is 84.9 Å². The summed E-state index contributed by atoms with van der Waals surface area (Å²) in [6.07, 6.45) is 1.18. The highest BCUT2D eigenvalue weighted by Crippen LogP contribution is 2.22. The molecule has 0 aliphatic rings. The summed E-state index contributed by atoms with van der Waals surface area (Å²) in [7, 11) is 2.91. The van der Waals surface area contributed by atoms with Crippen LogP contribution in [0.1, 0.15) is 11.1 Å². The maximum Gasteiger partial charge on any atom is 0.323 e. The van der Waals surface area contributed by atoms with Crippen molar-refractivity contribution in [2.45, 2.75) is 24.9 Å². The van der Waals surface area contributed by atoms with Crippen LogP contribution in [0.15, 0.2) is 84.9 Å². The predicted molar refractivity (Wildman–Crippen MR) is 131 cm³/mol. The molecular weight excluding hydrogens is 414 g/mol. The van der Waals surface area contributed by atoms with Crippen molar-refractivity contribution in [1.82, 2.24) is 5.32 Å². The first-order valence-electron chi connectivity index (χ1n) is 11.1. The number of methoxy groups -OCH3 is 1. The van der Waals surface area contributed by atoms with E-state index in [4.69, 9.17) is 14.5 Å². The van der Waals surface area contributed by atoms with E-state index in [2.05, 4.69) is 59.9 Å². The summed E-state index contributed by atoms with van der Waals surface area (Å²) >= 11 is 0. The monoisotopic (exact) mass is 443 g/mol. The van der Waals surface area contributed by atoms with Gasteiger partial charge in [-0.25, -0.2) is 9.78 Å². The highest BCUT2D eigenvalue weighted by molar-refractivity contribution is 5.87. The number of fused-ring (bicyclic) bond motifs is 2. The molecule has 33 heavy (non-hydrogen) atoms. The lowest BCUT2D eigenvalue weighted by Gasteiger charge is -2.25. The quantitative estimate of drug-likeness (QED) is 0.216. The summed E-state index contributed by atoms with van der Waals surface area (Å²) in [5.74, 6) is -0.303. The Labute approximate surface area is 194 Å². The molecule has 5 heteroatoms. The van der Waals surface area contributed by atoms with Crippen molar-refractivity contribution in [2.75, 3.05) is 20.8 Å². The second kappa shape index (κ2) is 11.1. The first kappa shape index (κ1) is 22.9. The number of esters is 1. The summed E-state index contributed by atoms with van der Waals surface area (Å²) in [6.45, 7) is 0.294. The highest BCUT2D eigenvalue weighted by atomic mass is 17.2. The molecule has 0 amide bonds. The first-order chi connectivity index (χ1) is 16.2. The fraction of sp³-hybridized carbons (Fsp3) is 0.250.